The van der Waals surface area contributed by atoms with Crippen molar-refractivity contribution < 1.29 is 9.53 Å². The van der Waals surface area contributed by atoms with Crippen molar-refractivity contribution in [2.45, 2.75) is 76.7 Å². The molecule has 23 heavy (non-hydrogen) atoms. The van der Waals surface area contributed by atoms with Crippen LogP contribution in [0.5, 0.6) is 0 Å². The van der Waals surface area contributed by atoms with Crippen molar-refractivity contribution in [3.8, 4) is 0 Å². The molecule has 2 saturated heterocycles. The number of amides is 1. The van der Waals surface area contributed by atoms with Gasteiger partial charge >= 0.3 is 6.09 Å². The molecule has 3 atom stereocenters. The van der Waals surface area contributed by atoms with Crippen LogP contribution in [-0.2, 0) is 4.74 Å². The van der Waals surface area contributed by atoms with E-state index in [4.69, 9.17) is 4.74 Å². The van der Waals surface area contributed by atoms with Gasteiger partial charge in [0.1, 0.15) is 5.60 Å². The van der Waals surface area contributed by atoms with E-state index in [-0.39, 0.29) is 6.09 Å². The average molecular weight is 343 g/mol. The number of thioether (sulfide) groups is 1. The Balaban J connectivity index is 1.81. The summed E-state index contributed by atoms with van der Waals surface area (Å²) in [5.74, 6) is 1.81. The molecule has 1 amide bonds. The zero-order valence-electron chi connectivity index (χ0n) is 15.5. The van der Waals surface area contributed by atoms with Gasteiger partial charge in [0.05, 0.1) is 0 Å². The first-order chi connectivity index (χ1) is 10.7. The van der Waals surface area contributed by atoms with E-state index < -0.39 is 5.60 Å². The molecule has 2 heterocycles. The van der Waals surface area contributed by atoms with Crippen LogP contribution in [0.2, 0.25) is 0 Å². The maximum Gasteiger partial charge on any atom is 0.410 e. The fourth-order valence-electron chi connectivity index (χ4n) is 3.43. The van der Waals surface area contributed by atoms with E-state index in [1.807, 2.05) is 25.7 Å². The summed E-state index contributed by atoms with van der Waals surface area (Å²) in [6, 6.07) is 0.443. The van der Waals surface area contributed by atoms with Crippen molar-refractivity contribution >= 4 is 17.9 Å². The molecular formula is C18H34N2O2S. The summed E-state index contributed by atoms with van der Waals surface area (Å²) in [6.07, 6.45) is 4.76. The average Bonchev–Trinajstić information content (AvgIpc) is 2.90. The molecule has 0 spiro atoms. The highest BCUT2D eigenvalue weighted by Crippen LogP contribution is 2.37. The molecular weight excluding hydrogens is 308 g/mol. The van der Waals surface area contributed by atoms with Crippen LogP contribution in [0.4, 0.5) is 4.79 Å². The van der Waals surface area contributed by atoms with Crippen LogP contribution in [0.3, 0.4) is 0 Å². The first kappa shape index (κ1) is 18.9. The summed E-state index contributed by atoms with van der Waals surface area (Å²) in [5, 5.41) is 3.74. The molecule has 134 valence electrons. The Hall–Kier alpha value is -0.420. The van der Waals surface area contributed by atoms with Crippen molar-refractivity contribution in [1.29, 1.82) is 0 Å². The number of nitrogens with zero attached hydrogens (tertiary/aromatic N) is 1. The molecule has 2 aliphatic rings. The molecule has 2 fully saturated rings. The summed E-state index contributed by atoms with van der Waals surface area (Å²) in [7, 11) is 0. The van der Waals surface area contributed by atoms with E-state index in [0.29, 0.717) is 16.7 Å². The van der Waals surface area contributed by atoms with Gasteiger partial charge in [-0.15, -0.1) is 0 Å². The second kappa shape index (κ2) is 7.64. The van der Waals surface area contributed by atoms with E-state index >= 15 is 0 Å². The van der Waals surface area contributed by atoms with Gasteiger partial charge in [-0.3, -0.25) is 0 Å². The van der Waals surface area contributed by atoms with Crippen LogP contribution >= 0.6 is 11.8 Å². The topological polar surface area (TPSA) is 41.6 Å². The van der Waals surface area contributed by atoms with E-state index in [0.717, 1.165) is 26.1 Å². The monoisotopic (exact) mass is 342 g/mol. The van der Waals surface area contributed by atoms with Crippen molar-refractivity contribution in [1.82, 2.24) is 10.2 Å². The number of rotatable bonds is 4. The van der Waals surface area contributed by atoms with E-state index in [1.54, 1.807) is 0 Å². The van der Waals surface area contributed by atoms with Crippen molar-refractivity contribution in [2.75, 3.05) is 25.4 Å². The lowest BCUT2D eigenvalue weighted by atomic mass is 9.91. The number of hydrogen-bond donors (Lipinski definition) is 1. The summed E-state index contributed by atoms with van der Waals surface area (Å²) >= 11 is 2.10. The van der Waals surface area contributed by atoms with Crippen molar-refractivity contribution in [2.24, 2.45) is 5.92 Å². The first-order valence-corrected chi connectivity index (χ1v) is 10.0. The van der Waals surface area contributed by atoms with Crippen LogP contribution in [0.25, 0.3) is 0 Å². The molecule has 3 unspecified atom stereocenters. The van der Waals surface area contributed by atoms with Gasteiger partial charge in [-0.2, -0.15) is 11.8 Å². The van der Waals surface area contributed by atoms with Gasteiger partial charge in [-0.05, 0) is 72.0 Å². The van der Waals surface area contributed by atoms with Crippen molar-refractivity contribution in [3.63, 3.8) is 0 Å². The first-order valence-electron chi connectivity index (χ1n) is 9.04. The molecule has 0 saturated carbocycles. The fourth-order valence-corrected chi connectivity index (χ4v) is 4.69. The Morgan fingerprint density at radius 1 is 1.43 bits per heavy atom. The van der Waals surface area contributed by atoms with Crippen molar-refractivity contribution in [3.05, 3.63) is 0 Å². The van der Waals surface area contributed by atoms with E-state index in [1.165, 1.54) is 25.0 Å². The second-order valence-corrected chi connectivity index (χ2v) is 10.1. The quantitative estimate of drug-likeness (QED) is 0.841. The largest absolute Gasteiger partial charge is 0.444 e. The van der Waals surface area contributed by atoms with Gasteiger partial charge < -0.3 is 15.0 Å². The van der Waals surface area contributed by atoms with Gasteiger partial charge in [0.15, 0.2) is 0 Å². The zero-order valence-corrected chi connectivity index (χ0v) is 16.3. The standard InChI is InChI=1S/C18H34N2O2S/c1-14(19-13-18(5)9-7-11-23-18)15-8-6-10-20(12-15)16(21)22-17(2,3)4/h14-15,19H,6-13H2,1-5H3. The molecule has 4 nitrogen and oxygen atoms in total. The predicted octanol–water partition coefficient (Wildman–Crippen LogP) is 3.90. The van der Waals surface area contributed by atoms with Crippen LogP contribution in [0, 0.1) is 5.92 Å². The highest BCUT2D eigenvalue weighted by Gasteiger charge is 2.33. The SMILES string of the molecule is CC(NCC1(C)CCCS1)C1CCCN(C(=O)OC(C)(C)C)C1. The lowest BCUT2D eigenvalue weighted by Crippen LogP contribution is -2.49. The minimum atomic E-state index is -0.415. The normalized spacial score (nSPS) is 30.3. The zero-order chi connectivity index (χ0) is 17.1. The van der Waals surface area contributed by atoms with Crippen LogP contribution < -0.4 is 5.32 Å². The van der Waals surface area contributed by atoms with Gasteiger partial charge in [0.2, 0.25) is 0 Å². The smallest absolute Gasteiger partial charge is 0.410 e. The maximum absolute atomic E-state index is 12.3. The molecule has 2 aliphatic heterocycles. The van der Waals surface area contributed by atoms with Crippen LogP contribution in [0.15, 0.2) is 0 Å². The van der Waals surface area contributed by atoms with Gasteiger partial charge in [0, 0.05) is 30.4 Å². The lowest BCUT2D eigenvalue weighted by molar-refractivity contribution is 0.0148. The Morgan fingerprint density at radius 3 is 2.78 bits per heavy atom. The number of hydrogen-bond acceptors (Lipinski definition) is 4. The Kier molecular flexibility index (Phi) is 6.28. The van der Waals surface area contributed by atoms with Gasteiger partial charge in [-0.25, -0.2) is 4.79 Å². The molecule has 0 aliphatic carbocycles. The van der Waals surface area contributed by atoms with Gasteiger partial charge in [0.25, 0.3) is 0 Å². The summed E-state index contributed by atoms with van der Waals surface area (Å²) in [4.78, 5) is 14.2. The molecule has 0 radical (unpaired) electrons. The highest BCUT2D eigenvalue weighted by atomic mass is 32.2. The molecule has 1 N–H and O–H groups in total. The number of carbonyl (C=O) groups excluding carboxylic acids is 1. The van der Waals surface area contributed by atoms with Crippen LogP contribution in [-0.4, -0.2) is 52.8 Å². The second-order valence-electron chi connectivity index (χ2n) is 8.40. The van der Waals surface area contributed by atoms with E-state index in [9.17, 15) is 4.79 Å². The maximum atomic E-state index is 12.3. The Labute approximate surface area is 146 Å². The third-order valence-corrected chi connectivity index (χ3v) is 6.45. The van der Waals surface area contributed by atoms with Gasteiger partial charge in [-0.1, -0.05) is 0 Å². The molecule has 5 heteroatoms. The number of piperidine rings is 1. The minimum absolute atomic E-state index is 0.160. The summed E-state index contributed by atoms with van der Waals surface area (Å²) in [5.41, 5.74) is -0.415. The lowest BCUT2D eigenvalue weighted by Gasteiger charge is -2.37. The Bertz CT molecular complexity index is 402. The molecule has 0 aromatic carbocycles. The summed E-state index contributed by atoms with van der Waals surface area (Å²) in [6.45, 7) is 13.1. The highest BCUT2D eigenvalue weighted by molar-refractivity contribution is 8.00. The molecule has 0 aromatic heterocycles. The summed E-state index contributed by atoms with van der Waals surface area (Å²) < 4.78 is 5.92. The Morgan fingerprint density at radius 2 is 2.17 bits per heavy atom. The minimum Gasteiger partial charge on any atom is -0.444 e. The van der Waals surface area contributed by atoms with Crippen LogP contribution in [0.1, 0.15) is 60.3 Å². The number of carbonyl (C=O) groups is 1. The fraction of sp³-hybridized carbons (Fsp3) is 0.944. The molecule has 2 rings (SSSR count). The molecule has 0 bridgehead atoms. The third-order valence-electron chi connectivity index (χ3n) is 4.92. The predicted molar refractivity (Wildman–Crippen MR) is 98.1 cm³/mol. The number of likely N-dealkylation sites (tertiary alicyclic amines) is 1. The third kappa shape index (κ3) is 5.86. The van der Waals surface area contributed by atoms with E-state index in [2.05, 4.69) is 30.9 Å². The molecule has 0 aromatic rings. The number of nitrogens with one attached hydrogen (secondary N) is 1. The number of ether oxygens (including phenoxy) is 1.